The Bertz CT molecular complexity index is 678. The second-order valence-electron chi connectivity index (χ2n) is 4.67. The molecule has 0 aromatic heterocycles. The summed E-state index contributed by atoms with van der Waals surface area (Å²) in [5.74, 6) is -0.483. The van der Waals surface area contributed by atoms with Crippen molar-refractivity contribution >= 4 is 23.2 Å². The van der Waals surface area contributed by atoms with Crippen LogP contribution in [-0.2, 0) is 6.54 Å². The van der Waals surface area contributed by atoms with Crippen LogP contribution in [0.2, 0.25) is 10.0 Å². The Balaban J connectivity index is 2.10. The highest BCUT2D eigenvalue weighted by Crippen LogP contribution is 2.32. The third-order valence-corrected chi connectivity index (χ3v) is 3.92. The number of rotatable bonds is 4. The van der Waals surface area contributed by atoms with E-state index in [1.165, 1.54) is 12.1 Å². The summed E-state index contributed by atoms with van der Waals surface area (Å²) in [5, 5.41) is 12.5. The zero-order valence-electron chi connectivity index (χ0n) is 11.3. The molecule has 0 saturated carbocycles. The minimum atomic E-state index is -0.483. The van der Waals surface area contributed by atoms with E-state index >= 15 is 0 Å². The summed E-state index contributed by atoms with van der Waals surface area (Å²) in [4.78, 5) is 0. The van der Waals surface area contributed by atoms with Crippen LogP contribution in [0.1, 0.15) is 29.7 Å². The molecule has 2 rings (SSSR count). The van der Waals surface area contributed by atoms with Crippen molar-refractivity contribution in [3.8, 4) is 6.07 Å². The van der Waals surface area contributed by atoms with Crippen molar-refractivity contribution in [2.45, 2.75) is 19.5 Å². The van der Waals surface area contributed by atoms with Gasteiger partial charge in [-0.15, -0.1) is 0 Å². The van der Waals surface area contributed by atoms with Gasteiger partial charge in [0.1, 0.15) is 5.82 Å². The first-order chi connectivity index (χ1) is 10.0. The third-order valence-electron chi connectivity index (χ3n) is 3.21. The van der Waals surface area contributed by atoms with Gasteiger partial charge < -0.3 is 5.32 Å². The number of benzene rings is 2. The summed E-state index contributed by atoms with van der Waals surface area (Å²) in [7, 11) is 0. The molecule has 0 bridgehead atoms. The van der Waals surface area contributed by atoms with Gasteiger partial charge in [-0.25, -0.2) is 4.39 Å². The average molecular weight is 323 g/mol. The van der Waals surface area contributed by atoms with Crippen LogP contribution in [0.4, 0.5) is 4.39 Å². The summed E-state index contributed by atoms with van der Waals surface area (Å²) in [6, 6.07) is 11.9. The van der Waals surface area contributed by atoms with Gasteiger partial charge in [0.15, 0.2) is 0 Å². The molecule has 0 saturated heterocycles. The first-order valence-corrected chi connectivity index (χ1v) is 7.14. The fourth-order valence-electron chi connectivity index (χ4n) is 2.01. The Labute approximate surface area is 133 Å². The predicted molar refractivity (Wildman–Crippen MR) is 82.8 cm³/mol. The van der Waals surface area contributed by atoms with Crippen LogP contribution in [0.25, 0.3) is 0 Å². The van der Waals surface area contributed by atoms with E-state index in [2.05, 4.69) is 11.4 Å². The van der Waals surface area contributed by atoms with Gasteiger partial charge >= 0.3 is 0 Å². The second-order valence-corrected chi connectivity index (χ2v) is 5.45. The van der Waals surface area contributed by atoms with Crippen molar-refractivity contribution in [3.63, 3.8) is 0 Å². The molecule has 1 N–H and O–H groups in total. The second kappa shape index (κ2) is 6.91. The van der Waals surface area contributed by atoms with Crippen LogP contribution in [-0.4, -0.2) is 0 Å². The maximum atomic E-state index is 13.5. The molecule has 21 heavy (non-hydrogen) atoms. The van der Waals surface area contributed by atoms with Gasteiger partial charge in [-0.2, -0.15) is 5.26 Å². The van der Waals surface area contributed by atoms with Crippen LogP contribution in [0.15, 0.2) is 36.4 Å². The smallest absolute Gasteiger partial charge is 0.142 e. The van der Waals surface area contributed by atoms with Crippen LogP contribution < -0.4 is 5.32 Å². The molecule has 1 unspecified atom stereocenters. The van der Waals surface area contributed by atoms with E-state index in [-0.39, 0.29) is 11.1 Å². The first-order valence-electron chi connectivity index (χ1n) is 6.38. The Morgan fingerprint density at radius 1 is 1.19 bits per heavy atom. The molecule has 0 amide bonds. The van der Waals surface area contributed by atoms with Gasteiger partial charge in [0.05, 0.1) is 16.7 Å². The third kappa shape index (κ3) is 3.74. The van der Waals surface area contributed by atoms with Crippen LogP contribution >= 0.6 is 23.2 Å². The lowest BCUT2D eigenvalue weighted by Crippen LogP contribution is -2.19. The zero-order valence-corrected chi connectivity index (χ0v) is 12.8. The number of nitrogens with zero attached hydrogens (tertiary/aromatic N) is 1. The summed E-state index contributed by atoms with van der Waals surface area (Å²) >= 11 is 12.1. The molecule has 2 aromatic rings. The van der Waals surface area contributed by atoms with Gasteiger partial charge in [-0.05, 0) is 36.8 Å². The largest absolute Gasteiger partial charge is 0.306 e. The van der Waals surface area contributed by atoms with Gasteiger partial charge in [-0.1, -0.05) is 35.3 Å². The molecular formula is C16H13Cl2FN2. The van der Waals surface area contributed by atoms with Crippen molar-refractivity contribution in [3.05, 3.63) is 69.0 Å². The van der Waals surface area contributed by atoms with Crippen molar-refractivity contribution < 1.29 is 4.39 Å². The SMILES string of the molecule is CC(NCc1ccc(C#N)cc1)c1c(Cl)ccc(F)c1Cl. The van der Waals surface area contributed by atoms with Crippen molar-refractivity contribution in [1.29, 1.82) is 5.26 Å². The number of hydrogen-bond donors (Lipinski definition) is 1. The molecule has 1 atom stereocenters. The van der Waals surface area contributed by atoms with E-state index in [0.29, 0.717) is 22.7 Å². The Morgan fingerprint density at radius 3 is 2.48 bits per heavy atom. The molecule has 2 aromatic carbocycles. The highest BCUT2D eigenvalue weighted by molar-refractivity contribution is 6.36. The molecule has 0 spiro atoms. The van der Waals surface area contributed by atoms with Crippen LogP contribution in [0.5, 0.6) is 0 Å². The topological polar surface area (TPSA) is 35.8 Å². The lowest BCUT2D eigenvalue weighted by Gasteiger charge is -2.17. The van der Waals surface area contributed by atoms with Gasteiger partial charge in [0, 0.05) is 23.2 Å². The normalized spacial score (nSPS) is 12.0. The van der Waals surface area contributed by atoms with E-state index in [4.69, 9.17) is 28.5 Å². The predicted octanol–water partition coefficient (Wildman–Crippen LogP) is 4.85. The van der Waals surface area contributed by atoms with Crippen molar-refractivity contribution in [1.82, 2.24) is 5.32 Å². The quantitative estimate of drug-likeness (QED) is 0.816. The molecule has 0 aliphatic carbocycles. The Hall–Kier alpha value is -1.60. The lowest BCUT2D eigenvalue weighted by atomic mass is 10.1. The van der Waals surface area contributed by atoms with E-state index in [1.54, 1.807) is 12.1 Å². The van der Waals surface area contributed by atoms with Gasteiger partial charge in [-0.3, -0.25) is 0 Å². The maximum absolute atomic E-state index is 13.5. The summed E-state index contributed by atoms with van der Waals surface area (Å²) in [5.41, 5.74) is 2.18. The van der Waals surface area contributed by atoms with E-state index in [1.807, 2.05) is 19.1 Å². The Kier molecular flexibility index (Phi) is 5.19. The molecule has 5 heteroatoms. The van der Waals surface area contributed by atoms with Crippen LogP contribution in [0.3, 0.4) is 0 Å². The Morgan fingerprint density at radius 2 is 1.86 bits per heavy atom. The van der Waals surface area contributed by atoms with Crippen molar-refractivity contribution in [2.24, 2.45) is 0 Å². The molecule has 0 heterocycles. The fourth-order valence-corrected chi connectivity index (χ4v) is 2.71. The minimum absolute atomic E-state index is 0.0438. The van der Waals surface area contributed by atoms with Crippen LogP contribution in [0, 0.1) is 17.1 Å². The molecule has 0 aliphatic heterocycles. The highest BCUT2D eigenvalue weighted by Gasteiger charge is 2.16. The average Bonchev–Trinajstić information content (AvgIpc) is 2.50. The number of nitrogens with one attached hydrogen (secondary N) is 1. The molecular weight excluding hydrogens is 310 g/mol. The van der Waals surface area contributed by atoms with Gasteiger partial charge in [0.25, 0.3) is 0 Å². The summed E-state index contributed by atoms with van der Waals surface area (Å²) in [6.45, 7) is 2.44. The first kappa shape index (κ1) is 15.8. The molecule has 108 valence electrons. The lowest BCUT2D eigenvalue weighted by molar-refractivity contribution is 0.565. The standard InChI is InChI=1S/C16H13Cl2FN2/c1-10(15-13(17)6-7-14(19)16(15)18)21-9-12-4-2-11(8-20)3-5-12/h2-7,10,21H,9H2,1H3. The number of nitriles is 1. The summed E-state index contributed by atoms with van der Waals surface area (Å²) in [6.07, 6.45) is 0. The van der Waals surface area contributed by atoms with Crippen molar-refractivity contribution in [2.75, 3.05) is 0 Å². The fraction of sp³-hybridized carbons (Fsp3) is 0.188. The maximum Gasteiger partial charge on any atom is 0.142 e. The van der Waals surface area contributed by atoms with E-state index in [0.717, 1.165) is 5.56 Å². The zero-order chi connectivity index (χ0) is 15.4. The molecule has 0 fully saturated rings. The molecule has 0 aliphatic rings. The van der Waals surface area contributed by atoms with Gasteiger partial charge in [0.2, 0.25) is 0 Å². The van der Waals surface area contributed by atoms with E-state index in [9.17, 15) is 4.39 Å². The minimum Gasteiger partial charge on any atom is -0.306 e. The summed E-state index contributed by atoms with van der Waals surface area (Å²) < 4.78 is 13.5. The molecule has 0 radical (unpaired) electrons. The van der Waals surface area contributed by atoms with E-state index < -0.39 is 5.82 Å². The highest BCUT2D eigenvalue weighted by atomic mass is 35.5. The number of halogens is 3. The molecule has 2 nitrogen and oxygen atoms in total. The monoisotopic (exact) mass is 322 g/mol. The number of hydrogen-bond acceptors (Lipinski definition) is 2.